The molecule has 0 aliphatic heterocycles. The van der Waals surface area contributed by atoms with E-state index >= 15 is 0 Å². The summed E-state index contributed by atoms with van der Waals surface area (Å²) in [5.41, 5.74) is 27.5. The molecule has 0 saturated heterocycles. The zero-order chi connectivity index (χ0) is 35.2. The van der Waals surface area contributed by atoms with Crippen LogP contribution in [0.3, 0.4) is 0 Å². The molecule has 0 amide bonds. The molecule has 0 radical (unpaired) electrons. The highest BCUT2D eigenvalue weighted by Gasteiger charge is 2.52. The van der Waals surface area contributed by atoms with Gasteiger partial charge in [-0.3, -0.25) is 0 Å². The van der Waals surface area contributed by atoms with Gasteiger partial charge >= 0.3 is 0 Å². The van der Waals surface area contributed by atoms with Crippen molar-refractivity contribution in [2.75, 3.05) is 0 Å². The fraction of sp³-hybridized carbons (Fsp3) is 0.250. The second-order valence-corrected chi connectivity index (χ2v) is 15.2. The van der Waals surface area contributed by atoms with Gasteiger partial charge in [0.15, 0.2) is 0 Å². The number of benzene rings is 6. The van der Waals surface area contributed by atoms with Crippen LogP contribution in [0, 0.1) is 0 Å². The van der Waals surface area contributed by atoms with Crippen LogP contribution in [-0.2, 0) is 19.3 Å². The van der Waals surface area contributed by atoms with Crippen molar-refractivity contribution in [2.45, 2.75) is 72.9 Å². The van der Waals surface area contributed by atoms with Gasteiger partial charge in [-0.25, -0.2) is 0 Å². The van der Waals surface area contributed by atoms with Crippen molar-refractivity contribution < 1.29 is 0 Å². The van der Waals surface area contributed by atoms with Crippen LogP contribution < -0.4 is 17.2 Å². The van der Waals surface area contributed by atoms with Gasteiger partial charge in [0.2, 0.25) is 0 Å². The van der Waals surface area contributed by atoms with Crippen LogP contribution in [0.1, 0.15) is 70.4 Å². The van der Waals surface area contributed by atoms with E-state index in [1.165, 1.54) is 33.4 Å². The summed E-state index contributed by atoms with van der Waals surface area (Å²) < 4.78 is 0. The Bertz CT molecular complexity index is 1700. The molecule has 51 heavy (non-hydrogen) atoms. The molecule has 0 spiro atoms. The fourth-order valence-corrected chi connectivity index (χ4v) is 7.88. The molecule has 3 aliphatic rings. The lowest BCUT2D eigenvalue weighted by atomic mass is 10.00. The molecule has 3 heteroatoms. The minimum atomic E-state index is -0.0251. The molecule has 9 rings (SSSR count). The Morgan fingerprint density at radius 1 is 0.314 bits per heavy atom. The van der Waals surface area contributed by atoms with Gasteiger partial charge in [-0.15, -0.1) is 0 Å². The van der Waals surface area contributed by atoms with Gasteiger partial charge in [0.1, 0.15) is 0 Å². The summed E-state index contributed by atoms with van der Waals surface area (Å²) in [4.78, 5) is 0. The van der Waals surface area contributed by atoms with Crippen LogP contribution in [0.25, 0.3) is 0 Å². The maximum atomic E-state index is 6.45. The lowest BCUT2D eigenvalue weighted by molar-refractivity contribution is 0.646. The van der Waals surface area contributed by atoms with Gasteiger partial charge in [-0.05, 0) is 71.9 Å². The van der Waals surface area contributed by atoms with Crippen LogP contribution in [0.15, 0.2) is 182 Å². The minimum Gasteiger partial charge on any atom is -0.324 e. The van der Waals surface area contributed by atoms with Crippen LogP contribution in [0.2, 0.25) is 0 Å². The Kier molecular flexibility index (Phi) is 10.3. The van der Waals surface area contributed by atoms with E-state index in [9.17, 15) is 0 Å². The molecular formula is C48H51N3. The summed E-state index contributed by atoms with van der Waals surface area (Å²) in [5.74, 6) is 1.59. The van der Waals surface area contributed by atoms with Crippen LogP contribution in [0.5, 0.6) is 0 Å². The lowest BCUT2D eigenvalue weighted by Crippen LogP contribution is -2.27. The molecular weight excluding hydrogens is 619 g/mol. The van der Waals surface area contributed by atoms with Crippen molar-refractivity contribution in [1.82, 2.24) is 0 Å². The first-order chi connectivity index (χ1) is 24.8. The first-order valence-corrected chi connectivity index (χ1v) is 18.5. The molecule has 6 aromatic carbocycles. The first-order valence-electron chi connectivity index (χ1n) is 18.5. The quantitative estimate of drug-likeness (QED) is 0.144. The van der Waals surface area contributed by atoms with Crippen molar-refractivity contribution in [3.63, 3.8) is 0 Å². The van der Waals surface area contributed by atoms with Crippen molar-refractivity contribution in [3.8, 4) is 0 Å². The molecule has 3 nitrogen and oxygen atoms in total. The zero-order valence-corrected chi connectivity index (χ0v) is 29.5. The van der Waals surface area contributed by atoms with E-state index < -0.39 is 0 Å². The summed E-state index contributed by atoms with van der Waals surface area (Å²) in [7, 11) is 0. The predicted octanol–water partition coefficient (Wildman–Crippen LogP) is 9.34. The second-order valence-electron chi connectivity index (χ2n) is 15.2. The predicted molar refractivity (Wildman–Crippen MR) is 213 cm³/mol. The molecule has 6 atom stereocenters. The molecule has 0 bridgehead atoms. The van der Waals surface area contributed by atoms with Gasteiger partial charge in [0.05, 0.1) is 0 Å². The smallest absolute Gasteiger partial charge is 0.0271 e. The Labute approximate surface area is 304 Å². The molecule has 3 saturated carbocycles. The largest absolute Gasteiger partial charge is 0.324 e. The van der Waals surface area contributed by atoms with Crippen LogP contribution in [0.4, 0.5) is 0 Å². The van der Waals surface area contributed by atoms with E-state index in [1.54, 1.807) is 0 Å². The molecule has 6 N–H and O–H groups in total. The highest BCUT2D eigenvalue weighted by atomic mass is 14.9. The summed E-state index contributed by atoms with van der Waals surface area (Å²) in [6, 6.07) is 63.5. The average molecular weight is 670 g/mol. The third-order valence-corrected chi connectivity index (χ3v) is 11.1. The van der Waals surface area contributed by atoms with Crippen molar-refractivity contribution in [1.29, 1.82) is 0 Å². The maximum absolute atomic E-state index is 6.45. The van der Waals surface area contributed by atoms with Gasteiger partial charge in [0, 0.05) is 34.4 Å². The van der Waals surface area contributed by atoms with Crippen LogP contribution >= 0.6 is 0 Å². The second kappa shape index (κ2) is 15.2. The molecule has 258 valence electrons. The average Bonchev–Trinajstić information content (AvgIpc) is 4.13. The topological polar surface area (TPSA) is 78.1 Å². The summed E-state index contributed by atoms with van der Waals surface area (Å²) in [6.07, 6.45) is 6.25. The summed E-state index contributed by atoms with van der Waals surface area (Å²) in [6.45, 7) is 0. The summed E-state index contributed by atoms with van der Waals surface area (Å²) >= 11 is 0. The van der Waals surface area contributed by atoms with E-state index in [0.29, 0.717) is 17.8 Å². The monoisotopic (exact) mass is 669 g/mol. The van der Waals surface area contributed by atoms with Gasteiger partial charge < -0.3 is 17.2 Å². The third-order valence-electron chi connectivity index (χ3n) is 11.1. The van der Waals surface area contributed by atoms with E-state index in [0.717, 1.165) is 38.5 Å². The van der Waals surface area contributed by atoms with E-state index in [4.69, 9.17) is 17.2 Å². The molecule has 3 fully saturated rings. The summed E-state index contributed by atoms with van der Waals surface area (Å²) in [5, 5.41) is 0. The fourth-order valence-electron chi connectivity index (χ4n) is 7.88. The Balaban J connectivity index is 0.000000119. The van der Waals surface area contributed by atoms with Crippen molar-refractivity contribution in [2.24, 2.45) is 17.2 Å². The van der Waals surface area contributed by atoms with Crippen LogP contribution in [-0.4, -0.2) is 16.6 Å². The molecule has 0 aromatic heterocycles. The van der Waals surface area contributed by atoms with Crippen molar-refractivity contribution in [3.05, 3.63) is 215 Å². The zero-order valence-electron chi connectivity index (χ0n) is 29.5. The van der Waals surface area contributed by atoms with E-state index in [-0.39, 0.29) is 16.6 Å². The van der Waals surface area contributed by atoms with E-state index in [1.807, 2.05) is 18.2 Å². The third kappa shape index (κ3) is 8.93. The maximum Gasteiger partial charge on any atom is 0.0271 e. The Hall–Kier alpha value is -4.80. The molecule has 0 heterocycles. The Morgan fingerprint density at radius 3 is 0.725 bits per heavy atom. The van der Waals surface area contributed by atoms with Gasteiger partial charge in [-0.1, -0.05) is 182 Å². The highest BCUT2D eigenvalue weighted by molar-refractivity contribution is 5.38. The number of hydrogen-bond acceptors (Lipinski definition) is 3. The number of nitrogens with two attached hydrogens (primary N) is 3. The molecule has 3 aliphatic carbocycles. The lowest BCUT2D eigenvalue weighted by Gasteiger charge is -2.11. The molecule has 2 unspecified atom stereocenters. The molecule has 6 aromatic rings. The van der Waals surface area contributed by atoms with Gasteiger partial charge in [0.25, 0.3) is 0 Å². The Morgan fingerprint density at radius 2 is 0.510 bits per heavy atom. The SMILES string of the molecule is NC1(Cc2ccccc2)CC1c1ccccc1.N[C@@]1(Cc2ccccc2)C[C@@H]1c1ccccc1.N[C@]1(Cc2ccccc2)C[C@H]1c1ccccc1. The number of rotatable bonds is 9. The van der Waals surface area contributed by atoms with Crippen molar-refractivity contribution >= 4 is 0 Å². The number of hydrogen-bond donors (Lipinski definition) is 3. The minimum absolute atomic E-state index is 0.0251. The highest BCUT2D eigenvalue weighted by Crippen LogP contribution is 2.52. The van der Waals surface area contributed by atoms with Gasteiger partial charge in [-0.2, -0.15) is 0 Å². The standard InChI is InChI=1S/3C16H17N/c3*17-16(11-13-7-3-1-4-8-13)12-15(16)14-9-5-2-6-10-14/h3*1-10,15H,11-12,17H2/t2*15-,16+;/m10./s1. The normalized spacial score (nSPS) is 26.8. The first kappa shape index (κ1) is 34.6. The van der Waals surface area contributed by atoms with E-state index in [2.05, 4.69) is 164 Å².